The van der Waals surface area contributed by atoms with Crippen molar-refractivity contribution in [3.05, 3.63) is 48.2 Å². The van der Waals surface area contributed by atoms with Crippen molar-refractivity contribution in [3.63, 3.8) is 0 Å². The number of hydrogen-bond donors (Lipinski definition) is 0. The van der Waals surface area contributed by atoms with Crippen molar-refractivity contribution in [1.82, 2.24) is 10.2 Å². The number of piperidine rings is 1. The number of aromatic nitrogens is 2. The molecule has 1 fully saturated rings. The largest absolute Gasteiger partial charge is 0.489 e. The summed E-state index contributed by atoms with van der Waals surface area (Å²) >= 11 is 0. The molecule has 0 bridgehead atoms. The van der Waals surface area contributed by atoms with E-state index in [0.717, 1.165) is 43.1 Å². The number of benzene rings is 1. The predicted octanol–water partition coefficient (Wildman–Crippen LogP) is 2.69. The summed E-state index contributed by atoms with van der Waals surface area (Å²) < 4.78 is 16.8. The van der Waals surface area contributed by atoms with Crippen LogP contribution in [0.3, 0.4) is 0 Å². The molecule has 0 aliphatic carbocycles. The van der Waals surface area contributed by atoms with E-state index in [1.54, 1.807) is 13.3 Å². The Kier molecular flexibility index (Phi) is 6.59. The lowest BCUT2D eigenvalue weighted by Crippen LogP contribution is -2.37. The molecule has 1 aliphatic heterocycles. The van der Waals surface area contributed by atoms with Gasteiger partial charge < -0.3 is 19.1 Å². The second kappa shape index (κ2) is 9.34. The van der Waals surface area contributed by atoms with E-state index in [-0.39, 0.29) is 0 Å². The summed E-state index contributed by atoms with van der Waals surface area (Å²) in [5.74, 6) is 1.58. The van der Waals surface area contributed by atoms with Crippen molar-refractivity contribution in [2.75, 3.05) is 38.3 Å². The molecule has 1 aromatic heterocycles. The minimum atomic E-state index is 0.352. The van der Waals surface area contributed by atoms with Gasteiger partial charge in [-0.1, -0.05) is 30.3 Å². The molecule has 0 atom stereocenters. The lowest BCUT2D eigenvalue weighted by molar-refractivity contribution is 0.0817. The van der Waals surface area contributed by atoms with Gasteiger partial charge in [-0.25, -0.2) is 0 Å². The molecule has 0 saturated carbocycles. The van der Waals surface area contributed by atoms with Gasteiger partial charge in [-0.2, -0.15) is 5.10 Å². The molecule has 0 N–H and O–H groups in total. The van der Waals surface area contributed by atoms with E-state index in [1.807, 2.05) is 36.4 Å². The Hall–Kier alpha value is -2.18. The number of methoxy groups -OCH3 is 1. The minimum absolute atomic E-state index is 0.352. The number of rotatable bonds is 8. The van der Waals surface area contributed by atoms with Crippen LogP contribution in [0.25, 0.3) is 0 Å². The second-order valence-corrected chi connectivity index (χ2v) is 6.06. The normalized spacial score (nSPS) is 15.3. The van der Waals surface area contributed by atoms with Crippen LogP contribution in [-0.2, 0) is 16.1 Å². The quantitative estimate of drug-likeness (QED) is 0.687. The maximum absolute atomic E-state index is 5.74. The minimum Gasteiger partial charge on any atom is -0.489 e. The third-order valence-corrected chi connectivity index (χ3v) is 4.32. The first kappa shape index (κ1) is 17.6. The van der Waals surface area contributed by atoms with Crippen LogP contribution in [-0.4, -0.2) is 49.7 Å². The molecule has 25 heavy (non-hydrogen) atoms. The van der Waals surface area contributed by atoms with Crippen molar-refractivity contribution in [3.8, 4) is 5.75 Å². The van der Waals surface area contributed by atoms with E-state index < -0.39 is 0 Å². The van der Waals surface area contributed by atoms with Crippen molar-refractivity contribution >= 4 is 5.82 Å². The Balaban J connectivity index is 1.41. The van der Waals surface area contributed by atoms with Crippen molar-refractivity contribution < 1.29 is 14.2 Å². The second-order valence-electron chi connectivity index (χ2n) is 6.06. The van der Waals surface area contributed by atoms with Gasteiger partial charge in [0.1, 0.15) is 12.4 Å². The van der Waals surface area contributed by atoms with Gasteiger partial charge in [-0.05, 0) is 18.4 Å². The molecule has 0 radical (unpaired) electrons. The van der Waals surface area contributed by atoms with Gasteiger partial charge in [-0.3, -0.25) is 0 Å². The fourth-order valence-corrected chi connectivity index (χ4v) is 2.88. The van der Waals surface area contributed by atoms with Crippen LogP contribution in [0, 0.1) is 0 Å². The van der Waals surface area contributed by atoms with Gasteiger partial charge in [0.15, 0.2) is 5.82 Å². The zero-order valence-corrected chi connectivity index (χ0v) is 14.6. The summed E-state index contributed by atoms with van der Waals surface area (Å²) in [6.45, 7) is 3.47. The Bertz CT molecular complexity index is 631. The predicted molar refractivity (Wildman–Crippen MR) is 95.9 cm³/mol. The summed E-state index contributed by atoms with van der Waals surface area (Å²) in [5.41, 5.74) is 1.16. The maximum Gasteiger partial charge on any atom is 0.154 e. The highest BCUT2D eigenvalue weighted by Gasteiger charge is 2.20. The van der Waals surface area contributed by atoms with Crippen LogP contribution in [0.2, 0.25) is 0 Å². The van der Waals surface area contributed by atoms with Crippen LogP contribution < -0.4 is 9.64 Å². The molecule has 1 aromatic carbocycles. The first-order chi connectivity index (χ1) is 12.3. The molecule has 0 amide bonds. The van der Waals surface area contributed by atoms with Crippen LogP contribution in [0.1, 0.15) is 18.4 Å². The first-order valence-electron chi connectivity index (χ1n) is 8.70. The molecule has 134 valence electrons. The number of ether oxygens (including phenoxy) is 3. The number of hydrogen-bond acceptors (Lipinski definition) is 6. The molecule has 3 rings (SSSR count). The van der Waals surface area contributed by atoms with Crippen LogP contribution in [0.5, 0.6) is 5.75 Å². The molecular formula is C19H25N3O3. The van der Waals surface area contributed by atoms with Crippen LogP contribution in [0.15, 0.2) is 42.6 Å². The van der Waals surface area contributed by atoms with E-state index in [4.69, 9.17) is 14.2 Å². The van der Waals surface area contributed by atoms with Crippen molar-refractivity contribution in [2.45, 2.75) is 25.6 Å². The number of anilines is 1. The monoisotopic (exact) mass is 343 g/mol. The van der Waals surface area contributed by atoms with Gasteiger partial charge in [0.2, 0.25) is 0 Å². The lowest BCUT2D eigenvalue weighted by atomic mass is 10.1. The molecule has 6 heteroatoms. The van der Waals surface area contributed by atoms with E-state index >= 15 is 0 Å². The van der Waals surface area contributed by atoms with E-state index in [9.17, 15) is 0 Å². The zero-order chi connectivity index (χ0) is 17.3. The third kappa shape index (κ3) is 5.41. The Morgan fingerprint density at radius 3 is 2.68 bits per heavy atom. The summed E-state index contributed by atoms with van der Waals surface area (Å²) in [6.07, 6.45) is 4.01. The van der Waals surface area contributed by atoms with Gasteiger partial charge in [-0.15, -0.1) is 5.10 Å². The van der Waals surface area contributed by atoms with E-state index in [0.29, 0.717) is 25.9 Å². The Labute approximate surface area is 148 Å². The fourth-order valence-electron chi connectivity index (χ4n) is 2.88. The Morgan fingerprint density at radius 1 is 1.12 bits per heavy atom. The van der Waals surface area contributed by atoms with Gasteiger partial charge in [0.25, 0.3) is 0 Å². The average Bonchev–Trinajstić information content (AvgIpc) is 2.69. The summed E-state index contributed by atoms with van der Waals surface area (Å²) in [5, 5.41) is 8.28. The molecule has 6 nitrogen and oxygen atoms in total. The van der Waals surface area contributed by atoms with Crippen molar-refractivity contribution in [2.24, 2.45) is 0 Å². The highest BCUT2D eigenvalue weighted by atomic mass is 16.5. The average molecular weight is 343 g/mol. The summed E-state index contributed by atoms with van der Waals surface area (Å²) in [6, 6.07) is 12.1. The van der Waals surface area contributed by atoms with Gasteiger partial charge in [0.05, 0.1) is 25.5 Å². The fraction of sp³-hybridized carbons (Fsp3) is 0.474. The lowest BCUT2D eigenvalue weighted by Gasteiger charge is -2.31. The third-order valence-electron chi connectivity index (χ3n) is 4.32. The molecule has 2 aromatic rings. The molecule has 1 saturated heterocycles. The van der Waals surface area contributed by atoms with Crippen molar-refractivity contribution in [1.29, 1.82) is 0 Å². The SMILES string of the molecule is COC1CCN(c2cc(OCCOCc3ccccc3)cnn2)CC1. The Morgan fingerprint density at radius 2 is 1.92 bits per heavy atom. The highest BCUT2D eigenvalue weighted by Crippen LogP contribution is 2.21. The first-order valence-corrected chi connectivity index (χ1v) is 8.70. The van der Waals surface area contributed by atoms with E-state index in [1.165, 1.54) is 0 Å². The number of nitrogens with zero attached hydrogens (tertiary/aromatic N) is 3. The van der Waals surface area contributed by atoms with Crippen LogP contribution >= 0.6 is 0 Å². The molecule has 0 spiro atoms. The van der Waals surface area contributed by atoms with Crippen LogP contribution in [0.4, 0.5) is 5.82 Å². The molecule has 0 unspecified atom stereocenters. The highest BCUT2D eigenvalue weighted by molar-refractivity contribution is 5.42. The van der Waals surface area contributed by atoms with E-state index in [2.05, 4.69) is 15.1 Å². The molecular weight excluding hydrogens is 318 g/mol. The summed E-state index contributed by atoms with van der Waals surface area (Å²) in [4.78, 5) is 2.22. The molecule has 1 aliphatic rings. The maximum atomic E-state index is 5.74. The standard InChI is InChI=1S/C19H25N3O3/c1-23-17-7-9-22(10-8-17)19-13-18(14-20-21-19)25-12-11-24-15-16-5-3-2-4-6-16/h2-6,13-14,17H,7-12,15H2,1H3. The zero-order valence-electron chi connectivity index (χ0n) is 14.6. The summed E-state index contributed by atoms with van der Waals surface area (Å²) in [7, 11) is 1.77. The van der Waals surface area contributed by atoms with Gasteiger partial charge >= 0.3 is 0 Å². The molecule has 2 heterocycles. The van der Waals surface area contributed by atoms with Gasteiger partial charge in [0, 0.05) is 26.3 Å². The smallest absolute Gasteiger partial charge is 0.154 e. The topological polar surface area (TPSA) is 56.7 Å².